The summed E-state index contributed by atoms with van der Waals surface area (Å²) in [5.41, 5.74) is 1.29. The number of hydrogen-bond acceptors (Lipinski definition) is 3. The third-order valence-corrected chi connectivity index (χ3v) is 5.93. The van der Waals surface area contributed by atoms with E-state index in [1.807, 2.05) is 24.5 Å². The predicted octanol–water partition coefficient (Wildman–Crippen LogP) is 3.31. The summed E-state index contributed by atoms with van der Waals surface area (Å²) >= 11 is 0. The van der Waals surface area contributed by atoms with Crippen molar-refractivity contribution < 1.29 is 14.0 Å². The molecule has 0 bridgehead atoms. The number of rotatable bonds is 4. The van der Waals surface area contributed by atoms with Gasteiger partial charge in [-0.2, -0.15) is 0 Å². The molecule has 1 aliphatic carbocycles. The van der Waals surface area contributed by atoms with Gasteiger partial charge in [0.25, 0.3) is 5.91 Å². The van der Waals surface area contributed by atoms with Gasteiger partial charge in [0, 0.05) is 24.7 Å². The van der Waals surface area contributed by atoms with Crippen molar-refractivity contribution in [3.63, 3.8) is 0 Å². The van der Waals surface area contributed by atoms with Crippen LogP contribution in [0.5, 0.6) is 0 Å². The van der Waals surface area contributed by atoms with E-state index in [2.05, 4.69) is 5.32 Å². The quantitative estimate of drug-likeness (QED) is 0.913. The Balaban J connectivity index is 1.68. The van der Waals surface area contributed by atoms with Gasteiger partial charge in [-0.25, -0.2) is 0 Å². The zero-order chi connectivity index (χ0) is 18.3. The molecule has 0 unspecified atom stereocenters. The largest absolute Gasteiger partial charge is 0.463 e. The molecule has 140 valence electrons. The standard InChI is InChI=1S/C20H27N3O3/c1-3-10-23-18(24)16-12-17-15(9-11-26-17)22(16)13-20(23,2)19(25)21-14-7-5-4-6-8-14/h9,11-12,14H,3-8,10,13H2,1-2H3,(H,21,25)/t20-/m1/s1. The molecule has 2 amide bonds. The fourth-order valence-corrected chi connectivity index (χ4v) is 4.43. The molecule has 3 heterocycles. The zero-order valence-corrected chi connectivity index (χ0v) is 15.6. The number of carbonyl (C=O) groups is 2. The van der Waals surface area contributed by atoms with E-state index in [1.54, 1.807) is 17.2 Å². The van der Waals surface area contributed by atoms with Gasteiger partial charge in [-0.3, -0.25) is 9.59 Å². The second kappa shape index (κ2) is 6.49. The van der Waals surface area contributed by atoms with Crippen molar-refractivity contribution in [3.8, 4) is 0 Å². The Hall–Kier alpha value is -2.24. The van der Waals surface area contributed by atoms with E-state index in [4.69, 9.17) is 4.42 Å². The monoisotopic (exact) mass is 357 g/mol. The number of carbonyl (C=O) groups excluding carboxylic acids is 2. The topological polar surface area (TPSA) is 67.5 Å². The van der Waals surface area contributed by atoms with Crippen molar-refractivity contribution in [1.82, 2.24) is 14.8 Å². The maximum absolute atomic E-state index is 13.3. The second-order valence-electron chi connectivity index (χ2n) is 7.82. The molecule has 6 heteroatoms. The van der Waals surface area contributed by atoms with E-state index in [-0.39, 0.29) is 17.9 Å². The maximum atomic E-state index is 13.3. The van der Waals surface area contributed by atoms with Crippen LogP contribution in [0.4, 0.5) is 0 Å². The van der Waals surface area contributed by atoms with Gasteiger partial charge in [0.15, 0.2) is 5.58 Å². The van der Waals surface area contributed by atoms with Crippen LogP contribution in [0.25, 0.3) is 11.1 Å². The minimum atomic E-state index is -0.888. The molecule has 0 radical (unpaired) electrons. The number of fused-ring (bicyclic) bond motifs is 3. The van der Waals surface area contributed by atoms with Crippen LogP contribution in [0.1, 0.15) is 62.9 Å². The SMILES string of the molecule is CCCN1C(=O)c2cc3occc3n2C[C@]1(C)C(=O)NC1CCCCC1. The predicted molar refractivity (Wildman–Crippen MR) is 99.0 cm³/mol. The Kier molecular flexibility index (Phi) is 4.29. The van der Waals surface area contributed by atoms with E-state index in [1.165, 1.54) is 6.42 Å². The van der Waals surface area contributed by atoms with Gasteiger partial charge in [-0.05, 0) is 26.2 Å². The Morgan fingerprint density at radius 1 is 1.35 bits per heavy atom. The fraction of sp³-hybridized carbons (Fsp3) is 0.600. The summed E-state index contributed by atoms with van der Waals surface area (Å²) in [5, 5.41) is 3.23. The Bertz CT molecular complexity index is 831. The molecule has 0 spiro atoms. The minimum Gasteiger partial charge on any atom is -0.463 e. The molecule has 2 aromatic heterocycles. The summed E-state index contributed by atoms with van der Waals surface area (Å²) in [5.74, 6) is -0.131. The lowest BCUT2D eigenvalue weighted by Gasteiger charge is -2.44. The van der Waals surface area contributed by atoms with Crippen molar-refractivity contribution in [2.45, 2.75) is 70.5 Å². The Labute approximate surface area is 153 Å². The van der Waals surface area contributed by atoms with E-state index >= 15 is 0 Å². The van der Waals surface area contributed by atoms with Crippen LogP contribution in [0, 0.1) is 0 Å². The van der Waals surface area contributed by atoms with Crippen LogP contribution >= 0.6 is 0 Å². The van der Waals surface area contributed by atoms with E-state index in [0.717, 1.165) is 37.6 Å². The van der Waals surface area contributed by atoms with Gasteiger partial charge < -0.3 is 19.2 Å². The van der Waals surface area contributed by atoms with E-state index in [9.17, 15) is 9.59 Å². The maximum Gasteiger partial charge on any atom is 0.271 e. The zero-order valence-electron chi connectivity index (χ0n) is 15.6. The van der Waals surface area contributed by atoms with Crippen LogP contribution in [0.2, 0.25) is 0 Å². The van der Waals surface area contributed by atoms with Crippen LogP contribution in [-0.2, 0) is 11.3 Å². The first-order valence-electron chi connectivity index (χ1n) is 9.74. The molecule has 0 aromatic carbocycles. The average Bonchev–Trinajstić information content (AvgIpc) is 3.22. The van der Waals surface area contributed by atoms with Gasteiger partial charge in [0.2, 0.25) is 5.91 Å². The van der Waals surface area contributed by atoms with Crippen LogP contribution in [0.3, 0.4) is 0 Å². The molecule has 2 aliphatic rings. The highest BCUT2D eigenvalue weighted by Gasteiger charge is 2.47. The molecular formula is C20H27N3O3. The van der Waals surface area contributed by atoms with Gasteiger partial charge in [-0.1, -0.05) is 26.2 Å². The number of aromatic nitrogens is 1. The summed E-state index contributed by atoms with van der Waals surface area (Å²) in [4.78, 5) is 28.2. The highest BCUT2D eigenvalue weighted by Crippen LogP contribution is 2.33. The summed E-state index contributed by atoms with van der Waals surface area (Å²) in [7, 11) is 0. The van der Waals surface area contributed by atoms with Crippen LogP contribution in [-0.4, -0.2) is 39.4 Å². The van der Waals surface area contributed by atoms with Crippen molar-refractivity contribution >= 4 is 22.9 Å². The molecule has 1 fully saturated rings. The van der Waals surface area contributed by atoms with Crippen molar-refractivity contribution in [3.05, 3.63) is 24.1 Å². The van der Waals surface area contributed by atoms with Crippen molar-refractivity contribution in [2.24, 2.45) is 0 Å². The van der Waals surface area contributed by atoms with Gasteiger partial charge >= 0.3 is 0 Å². The summed E-state index contributed by atoms with van der Waals surface area (Å²) < 4.78 is 7.41. The molecular weight excluding hydrogens is 330 g/mol. The van der Waals surface area contributed by atoms with Gasteiger partial charge in [0.05, 0.1) is 18.3 Å². The van der Waals surface area contributed by atoms with Crippen LogP contribution in [0.15, 0.2) is 22.8 Å². The Morgan fingerprint density at radius 3 is 2.85 bits per heavy atom. The highest BCUT2D eigenvalue weighted by molar-refractivity contribution is 6.02. The number of furan rings is 1. The number of nitrogens with zero attached hydrogens (tertiary/aromatic N) is 2. The lowest BCUT2D eigenvalue weighted by molar-refractivity contribution is -0.133. The molecule has 2 aromatic rings. The molecule has 4 rings (SSSR count). The normalized spacial score (nSPS) is 24.1. The first-order chi connectivity index (χ1) is 12.5. The molecule has 1 aliphatic heterocycles. The van der Waals surface area contributed by atoms with Crippen molar-refractivity contribution in [2.75, 3.05) is 6.54 Å². The number of amides is 2. The molecule has 6 nitrogen and oxygen atoms in total. The minimum absolute atomic E-state index is 0.0396. The van der Waals surface area contributed by atoms with Gasteiger partial charge in [0.1, 0.15) is 11.2 Å². The second-order valence-corrected chi connectivity index (χ2v) is 7.82. The molecule has 26 heavy (non-hydrogen) atoms. The Morgan fingerprint density at radius 2 is 2.12 bits per heavy atom. The molecule has 1 saturated carbocycles. The summed E-state index contributed by atoms with van der Waals surface area (Å²) in [6.07, 6.45) is 8.08. The highest BCUT2D eigenvalue weighted by atomic mass is 16.3. The molecule has 1 atom stereocenters. The van der Waals surface area contributed by atoms with E-state index in [0.29, 0.717) is 24.4 Å². The first-order valence-corrected chi connectivity index (χ1v) is 9.74. The summed E-state index contributed by atoms with van der Waals surface area (Å²) in [6, 6.07) is 3.88. The summed E-state index contributed by atoms with van der Waals surface area (Å²) in [6.45, 7) is 4.95. The lowest BCUT2D eigenvalue weighted by atomic mass is 9.91. The van der Waals surface area contributed by atoms with Gasteiger partial charge in [-0.15, -0.1) is 0 Å². The average molecular weight is 357 g/mol. The van der Waals surface area contributed by atoms with Crippen LogP contribution < -0.4 is 5.32 Å². The van der Waals surface area contributed by atoms with Crippen molar-refractivity contribution in [1.29, 1.82) is 0 Å². The smallest absolute Gasteiger partial charge is 0.271 e. The van der Waals surface area contributed by atoms with E-state index < -0.39 is 5.54 Å². The molecule has 0 saturated heterocycles. The third kappa shape index (κ3) is 2.63. The number of nitrogens with one attached hydrogen (secondary N) is 1. The number of hydrogen-bond donors (Lipinski definition) is 1. The molecule has 1 N–H and O–H groups in total. The first kappa shape index (κ1) is 17.2. The lowest BCUT2D eigenvalue weighted by Crippen LogP contribution is -2.65. The third-order valence-electron chi connectivity index (χ3n) is 5.93. The fourth-order valence-electron chi connectivity index (χ4n) is 4.43.